The van der Waals surface area contributed by atoms with E-state index in [0.29, 0.717) is 18.3 Å². The van der Waals surface area contributed by atoms with Gasteiger partial charge in [-0.05, 0) is 36.2 Å². The standard InChI is InChI=1S/C20H20N2O3S2.ClH/c1-22-11-15(26-17-5-3-2-4-16(17)22)12-25-14-8-6-13(7-9-14)10-18-19(23)21-20(24)27-18;/h2-9,15,18H,10-12H2,1H3,(H,21,23,24);1H. The van der Waals surface area contributed by atoms with E-state index in [1.807, 2.05) is 36.0 Å². The van der Waals surface area contributed by atoms with E-state index < -0.39 is 0 Å². The Morgan fingerprint density at radius 1 is 1.11 bits per heavy atom. The van der Waals surface area contributed by atoms with Crippen molar-refractivity contribution in [1.82, 2.24) is 5.32 Å². The summed E-state index contributed by atoms with van der Waals surface area (Å²) in [5, 5.41) is 2.09. The topological polar surface area (TPSA) is 58.6 Å². The number of rotatable bonds is 5. The molecule has 0 aliphatic carbocycles. The van der Waals surface area contributed by atoms with E-state index in [1.165, 1.54) is 10.6 Å². The Morgan fingerprint density at radius 2 is 1.86 bits per heavy atom. The molecule has 2 aliphatic heterocycles. The van der Waals surface area contributed by atoms with Crippen LogP contribution in [0.5, 0.6) is 5.75 Å². The Kier molecular flexibility index (Phi) is 6.80. The van der Waals surface area contributed by atoms with E-state index in [9.17, 15) is 9.59 Å². The fourth-order valence-corrected chi connectivity index (χ4v) is 5.39. The van der Waals surface area contributed by atoms with E-state index in [1.54, 1.807) is 0 Å². The summed E-state index contributed by atoms with van der Waals surface area (Å²) in [5.74, 6) is 0.615. The zero-order chi connectivity index (χ0) is 18.8. The number of para-hydroxylation sites is 1. The minimum atomic E-state index is -0.335. The Morgan fingerprint density at radius 3 is 2.57 bits per heavy atom. The number of anilines is 1. The molecule has 2 aromatic carbocycles. The predicted molar refractivity (Wildman–Crippen MR) is 117 cm³/mol. The van der Waals surface area contributed by atoms with Crippen LogP contribution < -0.4 is 15.0 Å². The first-order chi connectivity index (χ1) is 13.1. The maximum atomic E-state index is 11.7. The molecule has 1 fully saturated rings. The summed E-state index contributed by atoms with van der Waals surface area (Å²) in [5.41, 5.74) is 2.29. The van der Waals surface area contributed by atoms with Crippen molar-refractivity contribution >= 4 is 52.8 Å². The zero-order valence-corrected chi connectivity index (χ0v) is 17.7. The predicted octanol–water partition coefficient (Wildman–Crippen LogP) is 3.99. The quantitative estimate of drug-likeness (QED) is 0.764. The average molecular weight is 437 g/mol. The van der Waals surface area contributed by atoms with Crippen LogP contribution in [0.2, 0.25) is 0 Å². The summed E-state index contributed by atoms with van der Waals surface area (Å²) in [6, 6.07) is 16.2. The lowest BCUT2D eigenvalue weighted by Crippen LogP contribution is -2.34. The van der Waals surface area contributed by atoms with E-state index in [0.717, 1.165) is 29.6 Å². The molecule has 28 heavy (non-hydrogen) atoms. The molecule has 0 bridgehead atoms. The van der Waals surface area contributed by atoms with Crippen molar-refractivity contribution in [1.29, 1.82) is 0 Å². The Bertz CT molecular complexity index is 863. The lowest BCUT2D eigenvalue weighted by Gasteiger charge is -2.32. The van der Waals surface area contributed by atoms with Crippen LogP contribution in [0.1, 0.15) is 5.56 Å². The summed E-state index contributed by atoms with van der Waals surface area (Å²) < 4.78 is 5.99. The summed E-state index contributed by atoms with van der Waals surface area (Å²) in [6.07, 6.45) is 0.544. The molecule has 5 nitrogen and oxygen atoms in total. The maximum Gasteiger partial charge on any atom is 0.286 e. The Hall–Kier alpha value is -1.83. The van der Waals surface area contributed by atoms with E-state index >= 15 is 0 Å². The molecule has 148 valence electrons. The molecule has 2 amide bonds. The fraction of sp³-hybridized carbons (Fsp3) is 0.300. The number of carbonyl (C=O) groups is 2. The van der Waals surface area contributed by atoms with Crippen molar-refractivity contribution in [3.63, 3.8) is 0 Å². The number of nitrogens with zero attached hydrogens (tertiary/aromatic N) is 1. The number of imide groups is 1. The number of nitrogens with one attached hydrogen (secondary N) is 1. The van der Waals surface area contributed by atoms with Gasteiger partial charge in [0.2, 0.25) is 5.91 Å². The van der Waals surface area contributed by atoms with Crippen LogP contribution in [0.3, 0.4) is 0 Å². The van der Waals surface area contributed by atoms with Crippen LogP contribution in [-0.4, -0.2) is 41.8 Å². The van der Waals surface area contributed by atoms with Crippen LogP contribution in [-0.2, 0) is 11.2 Å². The van der Waals surface area contributed by atoms with Gasteiger partial charge in [-0.2, -0.15) is 0 Å². The van der Waals surface area contributed by atoms with Gasteiger partial charge in [-0.15, -0.1) is 24.2 Å². The molecular weight excluding hydrogens is 416 g/mol. The van der Waals surface area contributed by atoms with Gasteiger partial charge in [0.15, 0.2) is 0 Å². The molecule has 2 heterocycles. The second-order valence-corrected chi connectivity index (χ2v) is 9.15. The highest BCUT2D eigenvalue weighted by Gasteiger charge is 2.31. The molecule has 1 saturated heterocycles. The van der Waals surface area contributed by atoms with Gasteiger partial charge < -0.3 is 9.64 Å². The number of hydrogen-bond acceptors (Lipinski definition) is 6. The molecule has 4 rings (SSSR count). The summed E-state index contributed by atoms with van der Waals surface area (Å²) in [4.78, 5) is 26.5. The van der Waals surface area contributed by atoms with Crippen LogP contribution >= 0.6 is 35.9 Å². The van der Waals surface area contributed by atoms with E-state index in [2.05, 4.69) is 41.5 Å². The van der Waals surface area contributed by atoms with Crippen LogP contribution in [0.25, 0.3) is 0 Å². The van der Waals surface area contributed by atoms with E-state index in [4.69, 9.17) is 4.74 Å². The van der Waals surface area contributed by atoms with Gasteiger partial charge in [0.25, 0.3) is 5.24 Å². The lowest BCUT2D eigenvalue weighted by molar-refractivity contribution is -0.118. The highest BCUT2D eigenvalue weighted by atomic mass is 35.5. The molecule has 0 spiro atoms. The first-order valence-electron chi connectivity index (χ1n) is 8.78. The Balaban J connectivity index is 0.00000225. The number of hydrogen-bond donors (Lipinski definition) is 1. The number of amides is 2. The van der Waals surface area contributed by atoms with Crippen molar-refractivity contribution < 1.29 is 14.3 Å². The highest BCUT2D eigenvalue weighted by molar-refractivity contribution is 8.15. The summed E-state index contributed by atoms with van der Waals surface area (Å²) >= 11 is 2.92. The molecule has 2 unspecified atom stereocenters. The first-order valence-corrected chi connectivity index (χ1v) is 10.5. The van der Waals surface area contributed by atoms with Crippen molar-refractivity contribution in [3.05, 3.63) is 54.1 Å². The fourth-order valence-electron chi connectivity index (χ4n) is 3.23. The third-order valence-corrected chi connectivity index (χ3v) is 6.79. The molecule has 0 radical (unpaired) electrons. The molecule has 2 aromatic rings. The summed E-state index contributed by atoms with van der Waals surface area (Å²) in [7, 11) is 2.11. The van der Waals surface area contributed by atoms with Crippen molar-refractivity contribution in [2.24, 2.45) is 0 Å². The van der Waals surface area contributed by atoms with Crippen LogP contribution in [0, 0.1) is 0 Å². The number of ether oxygens (including phenoxy) is 1. The number of carbonyl (C=O) groups excluding carboxylic acids is 2. The van der Waals surface area contributed by atoms with Gasteiger partial charge in [-0.1, -0.05) is 36.0 Å². The maximum absolute atomic E-state index is 11.7. The molecule has 8 heteroatoms. The largest absolute Gasteiger partial charge is 0.492 e. The molecular formula is C20H21ClN2O3S2. The monoisotopic (exact) mass is 436 g/mol. The van der Waals surface area contributed by atoms with E-state index in [-0.39, 0.29) is 28.8 Å². The molecule has 2 atom stereocenters. The van der Waals surface area contributed by atoms with Crippen LogP contribution in [0.15, 0.2) is 53.4 Å². The normalized spacial score (nSPS) is 21.0. The number of fused-ring (bicyclic) bond motifs is 1. The second-order valence-electron chi connectivity index (χ2n) is 6.63. The van der Waals surface area contributed by atoms with Gasteiger partial charge in [0.1, 0.15) is 12.4 Å². The van der Waals surface area contributed by atoms with Crippen molar-refractivity contribution in [2.75, 3.05) is 25.1 Å². The molecule has 1 N–H and O–H groups in total. The van der Waals surface area contributed by atoms with Gasteiger partial charge in [0, 0.05) is 18.5 Å². The third-order valence-electron chi connectivity index (χ3n) is 4.59. The minimum Gasteiger partial charge on any atom is -0.492 e. The van der Waals surface area contributed by atoms with Crippen molar-refractivity contribution in [3.8, 4) is 5.75 Å². The first kappa shape index (κ1) is 20.9. The molecule has 0 saturated carbocycles. The third kappa shape index (κ3) is 4.77. The zero-order valence-electron chi connectivity index (χ0n) is 15.3. The Labute approximate surface area is 179 Å². The van der Waals surface area contributed by atoms with Crippen LogP contribution in [0.4, 0.5) is 10.5 Å². The molecule has 0 aromatic heterocycles. The highest BCUT2D eigenvalue weighted by Crippen LogP contribution is 2.37. The lowest BCUT2D eigenvalue weighted by atomic mass is 10.1. The number of halogens is 1. The van der Waals surface area contributed by atoms with Gasteiger partial charge in [-0.25, -0.2) is 0 Å². The average Bonchev–Trinajstić information content (AvgIpc) is 2.98. The SMILES string of the molecule is CN1CC(COc2ccc(CC3SC(=O)NC3=O)cc2)Sc2ccccc21.Cl. The molecule has 2 aliphatic rings. The number of thioether (sulfide) groups is 2. The summed E-state index contributed by atoms with van der Waals surface area (Å²) in [6.45, 7) is 1.58. The van der Waals surface area contributed by atoms with Gasteiger partial charge >= 0.3 is 0 Å². The number of benzene rings is 2. The minimum absolute atomic E-state index is 0. The van der Waals surface area contributed by atoms with Crippen molar-refractivity contribution in [2.45, 2.75) is 21.8 Å². The van der Waals surface area contributed by atoms with Gasteiger partial charge in [-0.3, -0.25) is 14.9 Å². The smallest absolute Gasteiger partial charge is 0.286 e. The van der Waals surface area contributed by atoms with Gasteiger partial charge in [0.05, 0.1) is 16.2 Å². The second kappa shape index (κ2) is 9.11.